The van der Waals surface area contributed by atoms with Gasteiger partial charge in [0.25, 0.3) is 11.6 Å². The Bertz CT molecular complexity index is 535. The molecule has 2 unspecified atom stereocenters. The lowest BCUT2D eigenvalue weighted by Gasteiger charge is -2.10. The Morgan fingerprint density at radius 2 is 2.21 bits per heavy atom. The molecule has 1 N–H and O–H groups in total. The number of hydrogen-bond donors (Lipinski definition) is 1. The van der Waals surface area contributed by atoms with Crippen LogP contribution < -0.4 is 5.32 Å². The fourth-order valence-corrected chi connectivity index (χ4v) is 1.82. The van der Waals surface area contributed by atoms with Crippen molar-refractivity contribution in [2.45, 2.75) is 12.2 Å². The van der Waals surface area contributed by atoms with Crippen LogP contribution in [-0.2, 0) is 10.8 Å². The predicted octanol–water partition coefficient (Wildman–Crippen LogP) is 1.75. The van der Waals surface area contributed by atoms with E-state index in [1.807, 2.05) is 0 Å². The van der Waals surface area contributed by atoms with Crippen LogP contribution in [0, 0.1) is 10.1 Å². The Balaban J connectivity index is 2.76. The second-order valence-electron chi connectivity index (χ2n) is 3.94. The van der Waals surface area contributed by atoms with Crippen molar-refractivity contribution < 1.29 is 13.9 Å². The SMILES string of the molecule is CC(CNC(=O)c1ccc([N+](=O)[O-])c(Cl)c1)S(C)=O. The normalized spacial score (nSPS) is 13.6. The first-order valence-electron chi connectivity index (χ1n) is 5.37. The van der Waals surface area contributed by atoms with Crippen molar-refractivity contribution in [1.29, 1.82) is 0 Å². The molecule has 0 aliphatic carbocycles. The first-order valence-corrected chi connectivity index (χ1v) is 7.37. The smallest absolute Gasteiger partial charge is 0.287 e. The molecule has 0 spiro atoms. The molecule has 1 aromatic rings. The fourth-order valence-electron chi connectivity index (χ4n) is 1.25. The minimum Gasteiger partial charge on any atom is -0.351 e. The van der Waals surface area contributed by atoms with E-state index in [0.717, 1.165) is 0 Å². The number of nitro benzene ring substituents is 1. The molecule has 0 heterocycles. The van der Waals surface area contributed by atoms with Gasteiger partial charge in [0, 0.05) is 40.5 Å². The third-order valence-corrected chi connectivity index (χ3v) is 4.13. The van der Waals surface area contributed by atoms with Gasteiger partial charge in [-0.15, -0.1) is 0 Å². The molecule has 0 fully saturated rings. The second-order valence-corrected chi connectivity index (χ2v) is 6.15. The van der Waals surface area contributed by atoms with E-state index in [4.69, 9.17) is 11.6 Å². The molecule has 19 heavy (non-hydrogen) atoms. The van der Waals surface area contributed by atoms with E-state index >= 15 is 0 Å². The van der Waals surface area contributed by atoms with E-state index in [1.165, 1.54) is 18.2 Å². The second kappa shape index (κ2) is 6.63. The van der Waals surface area contributed by atoms with Gasteiger partial charge in [0.2, 0.25) is 0 Å². The molecule has 0 radical (unpaired) electrons. The summed E-state index contributed by atoms with van der Waals surface area (Å²) in [6, 6.07) is 3.74. The largest absolute Gasteiger partial charge is 0.351 e. The summed E-state index contributed by atoms with van der Waals surface area (Å²) in [6.45, 7) is 2.01. The maximum absolute atomic E-state index is 11.8. The van der Waals surface area contributed by atoms with Crippen molar-refractivity contribution in [3.05, 3.63) is 38.9 Å². The van der Waals surface area contributed by atoms with Crippen LogP contribution in [0.1, 0.15) is 17.3 Å². The van der Waals surface area contributed by atoms with E-state index < -0.39 is 21.6 Å². The molecule has 0 aromatic heterocycles. The summed E-state index contributed by atoms with van der Waals surface area (Å²) in [4.78, 5) is 21.7. The number of rotatable bonds is 5. The molecule has 0 saturated carbocycles. The van der Waals surface area contributed by atoms with Gasteiger partial charge in [0.05, 0.1) is 4.92 Å². The number of nitrogens with one attached hydrogen (secondary N) is 1. The molecule has 104 valence electrons. The summed E-state index contributed by atoms with van der Waals surface area (Å²) in [5.41, 5.74) is -0.0223. The first-order chi connectivity index (χ1) is 8.82. The molecule has 1 amide bonds. The van der Waals surface area contributed by atoms with E-state index in [9.17, 15) is 19.1 Å². The van der Waals surface area contributed by atoms with Crippen molar-refractivity contribution in [3.63, 3.8) is 0 Å². The zero-order chi connectivity index (χ0) is 14.6. The van der Waals surface area contributed by atoms with Gasteiger partial charge in [-0.25, -0.2) is 0 Å². The van der Waals surface area contributed by atoms with Crippen LogP contribution in [0.3, 0.4) is 0 Å². The zero-order valence-corrected chi connectivity index (χ0v) is 12.0. The van der Waals surface area contributed by atoms with Crippen LogP contribution in [0.4, 0.5) is 5.69 Å². The number of halogens is 1. The number of benzene rings is 1. The van der Waals surface area contributed by atoms with Crippen molar-refractivity contribution in [3.8, 4) is 0 Å². The van der Waals surface area contributed by atoms with E-state index in [0.29, 0.717) is 0 Å². The lowest BCUT2D eigenvalue weighted by atomic mass is 10.2. The highest BCUT2D eigenvalue weighted by Gasteiger charge is 2.16. The Hall–Kier alpha value is -1.47. The maximum atomic E-state index is 11.8. The predicted molar refractivity (Wildman–Crippen MR) is 74.0 cm³/mol. The highest BCUT2D eigenvalue weighted by Crippen LogP contribution is 2.24. The highest BCUT2D eigenvalue weighted by molar-refractivity contribution is 7.84. The number of carbonyl (C=O) groups excluding carboxylic acids is 1. The summed E-state index contributed by atoms with van der Waals surface area (Å²) < 4.78 is 11.1. The van der Waals surface area contributed by atoms with Gasteiger partial charge >= 0.3 is 0 Å². The van der Waals surface area contributed by atoms with Gasteiger partial charge < -0.3 is 5.32 Å². The lowest BCUT2D eigenvalue weighted by molar-refractivity contribution is -0.384. The minimum atomic E-state index is -1.03. The van der Waals surface area contributed by atoms with Crippen LogP contribution in [0.15, 0.2) is 18.2 Å². The quantitative estimate of drug-likeness (QED) is 0.663. The molecular formula is C11H13ClN2O4S. The van der Waals surface area contributed by atoms with E-state index in [2.05, 4.69) is 5.32 Å². The Morgan fingerprint density at radius 1 is 1.58 bits per heavy atom. The molecule has 6 nitrogen and oxygen atoms in total. The standard InChI is InChI=1S/C11H13ClN2O4S/c1-7(19(2)18)6-13-11(15)8-3-4-10(14(16)17)9(12)5-8/h3-5,7H,6H2,1-2H3,(H,13,15). The minimum absolute atomic E-state index is 0.0928. The van der Waals surface area contributed by atoms with Gasteiger partial charge in [0.15, 0.2) is 0 Å². The molecule has 0 aliphatic rings. The summed E-state index contributed by atoms with van der Waals surface area (Å²) in [5, 5.41) is 12.9. The van der Waals surface area contributed by atoms with Crippen molar-refractivity contribution in [2.75, 3.05) is 12.8 Å². The molecule has 0 saturated heterocycles. The Labute approximate surface area is 117 Å². The molecule has 0 aliphatic heterocycles. The van der Waals surface area contributed by atoms with Gasteiger partial charge in [-0.2, -0.15) is 0 Å². The summed E-state index contributed by atoms with van der Waals surface area (Å²) in [7, 11) is -1.03. The topological polar surface area (TPSA) is 89.3 Å². The van der Waals surface area contributed by atoms with Crippen LogP contribution in [0.5, 0.6) is 0 Å². The molecule has 0 bridgehead atoms. The lowest BCUT2D eigenvalue weighted by Crippen LogP contribution is -2.32. The number of nitro groups is 1. The fraction of sp³-hybridized carbons (Fsp3) is 0.364. The molecule has 1 rings (SSSR count). The monoisotopic (exact) mass is 304 g/mol. The number of nitrogens with zero attached hydrogens (tertiary/aromatic N) is 1. The van der Waals surface area contributed by atoms with Gasteiger partial charge in [0.1, 0.15) is 5.02 Å². The summed E-state index contributed by atoms with van der Waals surface area (Å²) in [6.07, 6.45) is 1.56. The maximum Gasteiger partial charge on any atom is 0.287 e. The van der Waals surface area contributed by atoms with Crippen molar-refractivity contribution in [1.82, 2.24) is 5.32 Å². The average molecular weight is 305 g/mol. The highest BCUT2D eigenvalue weighted by atomic mass is 35.5. The van der Waals surface area contributed by atoms with Gasteiger partial charge in [-0.3, -0.25) is 19.1 Å². The number of hydrogen-bond acceptors (Lipinski definition) is 4. The van der Waals surface area contributed by atoms with E-state index in [1.54, 1.807) is 13.2 Å². The third-order valence-electron chi connectivity index (χ3n) is 2.52. The first kappa shape index (κ1) is 15.6. The summed E-state index contributed by atoms with van der Waals surface area (Å²) >= 11 is 5.71. The molecular weight excluding hydrogens is 292 g/mol. The number of carbonyl (C=O) groups is 1. The van der Waals surface area contributed by atoms with Crippen LogP contribution in [-0.4, -0.2) is 33.1 Å². The van der Waals surface area contributed by atoms with Crippen LogP contribution >= 0.6 is 11.6 Å². The van der Waals surface area contributed by atoms with Crippen LogP contribution in [0.2, 0.25) is 5.02 Å². The molecule has 1 aromatic carbocycles. The van der Waals surface area contributed by atoms with Gasteiger partial charge in [-0.1, -0.05) is 11.6 Å². The van der Waals surface area contributed by atoms with Crippen molar-refractivity contribution >= 4 is 34.0 Å². The summed E-state index contributed by atoms with van der Waals surface area (Å²) in [5.74, 6) is -0.408. The number of amides is 1. The molecule has 2 atom stereocenters. The Morgan fingerprint density at radius 3 is 2.68 bits per heavy atom. The van der Waals surface area contributed by atoms with E-state index in [-0.39, 0.29) is 28.1 Å². The van der Waals surface area contributed by atoms with Gasteiger partial charge in [-0.05, 0) is 19.1 Å². The average Bonchev–Trinajstić information content (AvgIpc) is 2.34. The molecule has 8 heteroatoms. The van der Waals surface area contributed by atoms with Crippen LogP contribution in [0.25, 0.3) is 0 Å². The third kappa shape index (κ3) is 4.29. The Kier molecular flexibility index (Phi) is 5.44. The zero-order valence-electron chi connectivity index (χ0n) is 10.4. The van der Waals surface area contributed by atoms with Crippen molar-refractivity contribution in [2.24, 2.45) is 0 Å².